The molecule has 1 aliphatic rings. The van der Waals surface area contributed by atoms with Crippen LogP contribution in [0.5, 0.6) is 0 Å². The smallest absolute Gasteiger partial charge is 0.0925 e. The van der Waals surface area contributed by atoms with Gasteiger partial charge in [-0.1, -0.05) is 19.9 Å². The fraction of sp³-hybridized carbons (Fsp3) is 0.846. The Kier molecular flexibility index (Phi) is 3.49. The van der Waals surface area contributed by atoms with Crippen molar-refractivity contribution in [2.45, 2.75) is 52.5 Å². The second kappa shape index (κ2) is 4.17. The van der Waals surface area contributed by atoms with Crippen molar-refractivity contribution in [2.75, 3.05) is 13.1 Å². The summed E-state index contributed by atoms with van der Waals surface area (Å²) in [6.07, 6.45) is 3.21. The van der Waals surface area contributed by atoms with E-state index in [-0.39, 0.29) is 11.0 Å². The molecular weight excluding hydrogens is 186 g/mol. The predicted octanol–water partition coefficient (Wildman–Crippen LogP) is 3.35. The molecular formula is C13H25NO. The molecule has 0 spiro atoms. The van der Waals surface area contributed by atoms with Crippen LogP contribution in [0.1, 0.15) is 47.0 Å². The molecule has 1 heterocycles. The van der Waals surface area contributed by atoms with E-state index in [9.17, 15) is 5.11 Å². The van der Waals surface area contributed by atoms with Crippen molar-refractivity contribution in [3.05, 3.63) is 12.3 Å². The van der Waals surface area contributed by atoms with Gasteiger partial charge >= 0.3 is 0 Å². The van der Waals surface area contributed by atoms with Crippen molar-refractivity contribution in [3.8, 4) is 0 Å². The lowest BCUT2D eigenvalue weighted by atomic mass is 9.81. The summed E-state index contributed by atoms with van der Waals surface area (Å²) in [6, 6.07) is 0. The lowest BCUT2D eigenvalue weighted by molar-refractivity contribution is 0.136. The van der Waals surface area contributed by atoms with Crippen molar-refractivity contribution in [2.24, 2.45) is 5.41 Å². The van der Waals surface area contributed by atoms with E-state index in [0.29, 0.717) is 5.76 Å². The number of nitrogens with zero attached hydrogens (tertiary/aromatic N) is 1. The van der Waals surface area contributed by atoms with Crippen LogP contribution in [0.25, 0.3) is 0 Å². The molecule has 0 aromatic heterocycles. The van der Waals surface area contributed by atoms with Crippen LogP contribution in [-0.2, 0) is 0 Å². The third kappa shape index (κ3) is 2.54. The molecule has 1 saturated heterocycles. The van der Waals surface area contributed by atoms with Gasteiger partial charge in [-0.05, 0) is 40.2 Å². The monoisotopic (exact) mass is 211 g/mol. The van der Waals surface area contributed by atoms with Gasteiger partial charge in [-0.25, -0.2) is 0 Å². The highest BCUT2D eigenvalue weighted by Gasteiger charge is 2.43. The van der Waals surface area contributed by atoms with Gasteiger partial charge in [0, 0.05) is 17.5 Å². The van der Waals surface area contributed by atoms with Crippen LogP contribution in [-0.4, -0.2) is 28.6 Å². The summed E-state index contributed by atoms with van der Waals surface area (Å²) in [5.41, 5.74) is 0.160. The number of aliphatic hydroxyl groups excluding tert-OH is 1. The van der Waals surface area contributed by atoms with Crippen molar-refractivity contribution in [3.63, 3.8) is 0 Å². The summed E-state index contributed by atoms with van der Waals surface area (Å²) in [6.45, 7) is 14.7. The second-order valence-corrected chi connectivity index (χ2v) is 5.82. The van der Waals surface area contributed by atoms with Crippen molar-refractivity contribution >= 4 is 0 Å². The van der Waals surface area contributed by atoms with Crippen LogP contribution in [0.15, 0.2) is 12.3 Å². The van der Waals surface area contributed by atoms with Gasteiger partial charge in [0.25, 0.3) is 0 Å². The average molecular weight is 211 g/mol. The topological polar surface area (TPSA) is 23.5 Å². The number of rotatable bonds is 3. The Morgan fingerprint density at radius 1 is 1.47 bits per heavy atom. The van der Waals surface area contributed by atoms with E-state index in [0.717, 1.165) is 32.4 Å². The molecule has 0 aromatic carbocycles. The maximum atomic E-state index is 9.80. The van der Waals surface area contributed by atoms with E-state index in [1.165, 1.54) is 0 Å². The molecule has 0 radical (unpaired) electrons. The molecule has 1 N–H and O–H groups in total. The Balaban J connectivity index is 2.77. The zero-order valence-electron chi connectivity index (χ0n) is 10.6. The lowest BCUT2D eigenvalue weighted by Crippen LogP contribution is -2.41. The molecule has 88 valence electrons. The molecule has 0 aromatic rings. The van der Waals surface area contributed by atoms with Gasteiger partial charge in [0.1, 0.15) is 0 Å². The maximum absolute atomic E-state index is 9.80. The van der Waals surface area contributed by atoms with Crippen LogP contribution >= 0.6 is 0 Å². The molecule has 1 fully saturated rings. The van der Waals surface area contributed by atoms with Gasteiger partial charge in [0.15, 0.2) is 0 Å². The molecule has 0 aliphatic carbocycles. The Labute approximate surface area is 94.0 Å². The van der Waals surface area contributed by atoms with Gasteiger partial charge in [-0.3, -0.25) is 4.90 Å². The van der Waals surface area contributed by atoms with Gasteiger partial charge in [0.05, 0.1) is 5.76 Å². The Morgan fingerprint density at radius 2 is 2.07 bits per heavy atom. The number of likely N-dealkylation sites (tertiary alicyclic amines) is 1. The molecule has 0 saturated carbocycles. The van der Waals surface area contributed by atoms with Crippen LogP contribution in [0.2, 0.25) is 0 Å². The first-order valence-corrected chi connectivity index (χ1v) is 5.95. The number of hydrogen-bond acceptors (Lipinski definition) is 2. The van der Waals surface area contributed by atoms with Crippen LogP contribution in [0, 0.1) is 5.41 Å². The molecule has 2 heteroatoms. The molecule has 1 rings (SSSR count). The Morgan fingerprint density at radius 3 is 2.40 bits per heavy atom. The van der Waals surface area contributed by atoms with E-state index in [1.807, 2.05) is 0 Å². The summed E-state index contributed by atoms with van der Waals surface area (Å²) >= 11 is 0. The Bertz CT molecular complexity index is 241. The van der Waals surface area contributed by atoms with Crippen LogP contribution in [0.4, 0.5) is 0 Å². The standard InChI is InChI=1S/C13H25NO/c1-6-7-13(11(2)15)8-9-14(10-13)12(3,4)5/h15H,2,6-10H2,1,3-5H3. The third-order valence-corrected chi connectivity index (χ3v) is 3.64. The first-order valence-electron chi connectivity index (χ1n) is 5.95. The second-order valence-electron chi connectivity index (χ2n) is 5.82. The highest BCUT2D eigenvalue weighted by atomic mass is 16.3. The van der Waals surface area contributed by atoms with Gasteiger partial charge in [-0.15, -0.1) is 0 Å². The molecule has 15 heavy (non-hydrogen) atoms. The highest BCUT2D eigenvalue weighted by Crippen LogP contribution is 2.42. The van der Waals surface area contributed by atoms with Gasteiger partial charge in [-0.2, -0.15) is 0 Å². The average Bonchev–Trinajstić information content (AvgIpc) is 2.49. The third-order valence-electron chi connectivity index (χ3n) is 3.64. The fourth-order valence-electron chi connectivity index (χ4n) is 2.51. The first-order chi connectivity index (χ1) is 6.82. The molecule has 0 amide bonds. The molecule has 0 bridgehead atoms. The van der Waals surface area contributed by atoms with Crippen LogP contribution < -0.4 is 0 Å². The number of aliphatic hydroxyl groups is 1. The summed E-state index contributed by atoms with van der Waals surface area (Å²) in [5.74, 6) is 0.385. The molecule has 1 unspecified atom stereocenters. The van der Waals surface area contributed by atoms with E-state index in [2.05, 4.69) is 39.2 Å². The van der Waals surface area contributed by atoms with E-state index < -0.39 is 0 Å². The molecule has 2 nitrogen and oxygen atoms in total. The van der Waals surface area contributed by atoms with Crippen molar-refractivity contribution in [1.82, 2.24) is 4.90 Å². The molecule has 1 aliphatic heterocycles. The largest absolute Gasteiger partial charge is 0.512 e. The van der Waals surface area contributed by atoms with Gasteiger partial charge in [0.2, 0.25) is 0 Å². The highest BCUT2D eigenvalue weighted by molar-refractivity contribution is 5.08. The summed E-state index contributed by atoms with van der Waals surface area (Å²) in [5, 5.41) is 9.80. The lowest BCUT2D eigenvalue weighted by Gasteiger charge is -2.34. The minimum absolute atomic E-state index is 0.0397. The minimum atomic E-state index is -0.0397. The van der Waals surface area contributed by atoms with Gasteiger partial charge < -0.3 is 5.11 Å². The predicted molar refractivity (Wildman–Crippen MR) is 65.1 cm³/mol. The maximum Gasteiger partial charge on any atom is 0.0925 e. The quantitative estimate of drug-likeness (QED) is 0.724. The van der Waals surface area contributed by atoms with E-state index >= 15 is 0 Å². The first kappa shape index (κ1) is 12.6. The summed E-state index contributed by atoms with van der Waals surface area (Å²) < 4.78 is 0. The zero-order chi connectivity index (χ0) is 11.7. The number of hydrogen-bond donors (Lipinski definition) is 1. The fourth-order valence-corrected chi connectivity index (χ4v) is 2.51. The normalized spacial score (nSPS) is 28.3. The minimum Gasteiger partial charge on any atom is -0.512 e. The van der Waals surface area contributed by atoms with E-state index in [4.69, 9.17) is 0 Å². The molecule has 1 atom stereocenters. The van der Waals surface area contributed by atoms with Crippen LogP contribution in [0.3, 0.4) is 0 Å². The SMILES string of the molecule is C=C(O)C1(CCC)CCN(C(C)(C)C)C1. The van der Waals surface area contributed by atoms with Crippen molar-refractivity contribution in [1.29, 1.82) is 0 Å². The zero-order valence-corrected chi connectivity index (χ0v) is 10.6. The van der Waals surface area contributed by atoms with Crippen molar-refractivity contribution < 1.29 is 5.11 Å². The van der Waals surface area contributed by atoms with E-state index in [1.54, 1.807) is 0 Å². The Hall–Kier alpha value is -0.500. The summed E-state index contributed by atoms with van der Waals surface area (Å²) in [7, 11) is 0. The summed E-state index contributed by atoms with van der Waals surface area (Å²) in [4.78, 5) is 2.45.